The highest BCUT2D eigenvalue weighted by Crippen LogP contribution is 2.26. The number of hydrazine groups is 2. The second-order valence-electron chi connectivity index (χ2n) is 3.16. The van der Waals surface area contributed by atoms with E-state index in [1.54, 1.807) is 18.2 Å². The first kappa shape index (κ1) is 12.7. The van der Waals surface area contributed by atoms with E-state index in [0.717, 1.165) is 10.0 Å². The first-order valence-corrected chi connectivity index (χ1v) is 4.82. The van der Waals surface area contributed by atoms with Crippen molar-refractivity contribution >= 4 is 23.3 Å². The van der Waals surface area contributed by atoms with Crippen molar-refractivity contribution in [2.75, 3.05) is 12.1 Å². The summed E-state index contributed by atoms with van der Waals surface area (Å²) in [6, 6.07) is 4.18. The number of urea groups is 1. The summed E-state index contributed by atoms with van der Waals surface area (Å²) in [5.41, 5.74) is 0.694. The van der Waals surface area contributed by atoms with Gasteiger partial charge in [0, 0.05) is 17.6 Å². The molecule has 0 spiro atoms. The van der Waals surface area contributed by atoms with Crippen LogP contribution >= 0.6 is 11.6 Å². The molecule has 0 heterocycles. The number of hydrogen-bond donors (Lipinski definition) is 3. The van der Waals surface area contributed by atoms with Crippen LogP contribution < -0.4 is 16.7 Å². The van der Waals surface area contributed by atoms with Gasteiger partial charge in [-0.15, -0.1) is 0 Å². The Morgan fingerprint density at radius 1 is 1.50 bits per heavy atom. The van der Waals surface area contributed by atoms with Gasteiger partial charge in [0.1, 0.15) is 0 Å². The number of carbonyl (C=O) groups is 1. The highest BCUT2D eigenvalue weighted by atomic mass is 35.5. The maximum atomic E-state index is 11.5. The molecule has 0 aliphatic rings. The molecule has 0 fully saturated rings. The molecule has 0 unspecified atom stereocenters. The topological polar surface area (TPSA) is 95.8 Å². The number of aliphatic hydroxyl groups is 1. The lowest BCUT2D eigenvalue weighted by molar-refractivity contribution is 0.216. The molecule has 1 aromatic rings. The van der Waals surface area contributed by atoms with Crippen molar-refractivity contribution in [3.63, 3.8) is 0 Å². The van der Waals surface area contributed by atoms with Crippen molar-refractivity contribution < 1.29 is 9.90 Å². The zero-order chi connectivity index (χ0) is 12.3. The standard InChI is InChI=1S/C9H13ClN4O2/c1-13(11)9(16)14(12)8-4-2-3-7(10)6(8)5-15/h2-4,15H,5,11-12H2,1H3. The van der Waals surface area contributed by atoms with E-state index in [2.05, 4.69) is 0 Å². The van der Waals surface area contributed by atoms with Crippen LogP contribution in [0.1, 0.15) is 5.56 Å². The van der Waals surface area contributed by atoms with Crippen molar-refractivity contribution in [2.24, 2.45) is 11.7 Å². The molecular weight excluding hydrogens is 232 g/mol. The van der Waals surface area contributed by atoms with E-state index in [4.69, 9.17) is 28.4 Å². The van der Waals surface area contributed by atoms with Gasteiger partial charge in [-0.2, -0.15) is 0 Å². The van der Waals surface area contributed by atoms with Gasteiger partial charge < -0.3 is 5.11 Å². The molecule has 0 aliphatic carbocycles. The third-order valence-corrected chi connectivity index (χ3v) is 2.37. The van der Waals surface area contributed by atoms with Crippen LogP contribution in [-0.2, 0) is 6.61 Å². The summed E-state index contributed by atoms with van der Waals surface area (Å²) in [5.74, 6) is 10.8. The first-order valence-electron chi connectivity index (χ1n) is 4.44. The Morgan fingerprint density at radius 3 is 2.62 bits per heavy atom. The Labute approximate surface area is 97.9 Å². The summed E-state index contributed by atoms with van der Waals surface area (Å²) in [6.45, 7) is -0.315. The van der Waals surface area contributed by atoms with Crippen molar-refractivity contribution in [1.29, 1.82) is 0 Å². The van der Waals surface area contributed by atoms with Gasteiger partial charge in [0.15, 0.2) is 0 Å². The van der Waals surface area contributed by atoms with Crippen LogP contribution in [0.4, 0.5) is 10.5 Å². The minimum absolute atomic E-state index is 0.315. The Morgan fingerprint density at radius 2 is 2.12 bits per heavy atom. The minimum Gasteiger partial charge on any atom is -0.392 e. The molecule has 7 heteroatoms. The monoisotopic (exact) mass is 244 g/mol. The number of nitrogens with two attached hydrogens (primary N) is 2. The normalized spacial score (nSPS) is 10.1. The zero-order valence-electron chi connectivity index (χ0n) is 8.72. The molecule has 5 N–H and O–H groups in total. The number of aliphatic hydroxyl groups excluding tert-OH is 1. The summed E-state index contributed by atoms with van der Waals surface area (Å²) in [6.07, 6.45) is 0. The Kier molecular flexibility index (Phi) is 4.08. The van der Waals surface area contributed by atoms with Gasteiger partial charge in [-0.1, -0.05) is 17.7 Å². The molecule has 0 aliphatic heterocycles. The van der Waals surface area contributed by atoms with E-state index in [9.17, 15) is 4.79 Å². The summed E-state index contributed by atoms with van der Waals surface area (Å²) in [7, 11) is 1.37. The number of anilines is 1. The lowest BCUT2D eigenvalue weighted by atomic mass is 10.2. The van der Waals surface area contributed by atoms with Gasteiger partial charge in [-0.25, -0.2) is 21.5 Å². The predicted octanol–water partition coefficient (Wildman–Crippen LogP) is 0.438. The number of rotatable bonds is 2. The molecule has 16 heavy (non-hydrogen) atoms. The Balaban J connectivity index is 3.13. The molecular formula is C9H13ClN4O2. The van der Waals surface area contributed by atoms with Crippen molar-refractivity contribution in [2.45, 2.75) is 6.61 Å². The van der Waals surface area contributed by atoms with Crippen LogP contribution in [0.15, 0.2) is 18.2 Å². The molecule has 1 aromatic carbocycles. The quantitative estimate of drug-likeness (QED) is 0.400. The van der Waals surface area contributed by atoms with Gasteiger partial charge in [0.25, 0.3) is 0 Å². The van der Waals surface area contributed by atoms with Crippen LogP contribution in [0.5, 0.6) is 0 Å². The largest absolute Gasteiger partial charge is 0.392 e. The average Bonchev–Trinajstić information content (AvgIpc) is 2.26. The fourth-order valence-electron chi connectivity index (χ4n) is 1.20. The van der Waals surface area contributed by atoms with Crippen molar-refractivity contribution in [3.05, 3.63) is 28.8 Å². The van der Waals surface area contributed by atoms with Crippen LogP contribution in [0, 0.1) is 0 Å². The smallest absolute Gasteiger partial charge is 0.352 e. The van der Waals surface area contributed by atoms with Crippen LogP contribution in [0.3, 0.4) is 0 Å². The van der Waals surface area contributed by atoms with Gasteiger partial charge in [-0.3, -0.25) is 5.01 Å². The number of carbonyl (C=O) groups excluding carboxylic acids is 1. The fourth-order valence-corrected chi connectivity index (χ4v) is 1.43. The predicted molar refractivity (Wildman–Crippen MR) is 61.4 cm³/mol. The van der Waals surface area contributed by atoms with E-state index in [1.807, 2.05) is 0 Å². The minimum atomic E-state index is -0.614. The summed E-state index contributed by atoms with van der Waals surface area (Å²) in [4.78, 5) is 11.5. The maximum Gasteiger partial charge on any atom is 0.352 e. The fraction of sp³-hybridized carbons (Fsp3) is 0.222. The third-order valence-electron chi connectivity index (χ3n) is 2.02. The molecule has 88 valence electrons. The molecule has 0 bridgehead atoms. The Bertz CT molecular complexity index is 397. The first-order chi connectivity index (χ1) is 7.49. The second-order valence-corrected chi connectivity index (χ2v) is 3.57. The summed E-state index contributed by atoms with van der Waals surface area (Å²) >= 11 is 5.86. The molecule has 0 radical (unpaired) electrons. The zero-order valence-corrected chi connectivity index (χ0v) is 9.48. The molecule has 0 saturated heterocycles. The maximum absolute atomic E-state index is 11.5. The summed E-state index contributed by atoms with van der Waals surface area (Å²) < 4.78 is 0. The number of amides is 2. The van der Waals surface area contributed by atoms with Gasteiger partial charge in [0.05, 0.1) is 12.3 Å². The Hall–Kier alpha value is -1.34. The highest BCUT2D eigenvalue weighted by Gasteiger charge is 2.18. The summed E-state index contributed by atoms with van der Waals surface area (Å²) in [5, 5.41) is 11.1. The van der Waals surface area contributed by atoms with Crippen molar-refractivity contribution in [3.8, 4) is 0 Å². The van der Waals surface area contributed by atoms with E-state index in [1.165, 1.54) is 7.05 Å². The lowest BCUT2D eigenvalue weighted by Gasteiger charge is -2.23. The number of hydrogen-bond acceptors (Lipinski definition) is 4. The van der Waals surface area contributed by atoms with Gasteiger partial charge in [-0.05, 0) is 12.1 Å². The molecule has 0 atom stereocenters. The number of halogens is 1. The lowest BCUT2D eigenvalue weighted by Crippen LogP contribution is -2.48. The molecule has 0 aromatic heterocycles. The van der Waals surface area contributed by atoms with E-state index >= 15 is 0 Å². The van der Waals surface area contributed by atoms with E-state index in [0.29, 0.717) is 16.3 Å². The average molecular weight is 245 g/mol. The SMILES string of the molecule is CN(N)C(=O)N(N)c1cccc(Cl)c1CO. The molecule has 1 rings (SSSR count). The molecule has 2 amide bonds. The van der Waals surface area contributed by atoms with Crippen LogP contribution in [0.2, 0.25) is 5.02 Å². The van der Waals surface area contributed by atoms with Crippen molar-refractivity contribution in [1.82, 2.24) is 5.01 Å². The van der Waals surface area contributed by atoms with Gasteiger partial charge >= 0.3 is 6.03 Å². The van der Waals surface area contributed by atoms with Crippen LogP contribution in [-0.4, -0.2) is 23.2 Å². The second kappa shape index (κ2) is 5.13. The van der Waals surface area contributed by atoms with Gasteiger partial charge in [0.2, 0.25) is 0 Å². The third kappa shape index (κ3) is 2.42. The molecule has 0 saturated carbocycles. The highest BCUT2D eigenvalue weighted by molar-refractivity contribution is 6.31. The molecule has 6 nitrogen and oxygen atoms in total. The van der Waals surface area contributed by atoms with E-state index < -0.39 is 6.03 Å². The van der Waals surface area contributed by atoms with Crippen LogP contribution in [0.25, 0.3) is 0 Å². The number of benzene rings is 1. The van der Waals surface area contributed by atoms with E-state index in [-0.39, 0.29) is 6.61 Å². The number of nitrogens with zero attached hydrogens (tertiary/aromatic N) is 2.